The number of aromatic nitrogens is 2. The Morgan fingerprint density at radius 3 is 2.94 bits per heavy atom. The van der Waals surface area contributed by atoms with Crippen molar-refractivity contribution in [1.82, 2.24) is 20.0 Å². The molecule has 0 aliphatic carbocycles. The summed E-state index contributed by atoms with van der Waals surface area (Å²) in [5.41, 5.74) is 4.85. The lowest BCUT2D eigenvalue weighted by atomic mass is 10.3. The van der Waals surface area contributed by atoms with E-state index in [4.69, 9.17) is 11.6 Å². The summed E-state index contributed by atoms with van der Waals surface area (Å²) in [4.78, 5) is 15.6. The van der Waals surface area contributed by atoms with Crippen LogP contribution in [-0.4, -0.2) is 27.5 Å². The van der Waals surface area contributed by atoms with Crippen LogP contribution in [0, 0.1) is 0 Å². The lowest BCUT2D eigenvalue weighted by Crippen LogP contribution is -2.38. The van der Waals surface area contributed by atoms with Crippen LogP contribution in [0.1, 0.15) is 12.7 Å². The van der Waals surface area contributed by atoms with E-state index in [1.165, 1.54) is 11.9 Å². The highest BCUT2D eigenvalue weighted by atomic mass is 35.5. The third kappa shape index (κ3) is 2.47. The van der Waals surface area contributed by atoms with Crippen LogP contribution in [0.5, 0.6) is 0 Å². The minimum Gasteiger partial charge on any atom is -0.330 e. The zero-order valence-electron chi connectivity index (χ0n) is 10.6. The van der Waals surface area contributed by atoms with Gasteiger partial charge < -0.3 is 4.57 Å². The van der Waals surface area contributed by atoms with Gasteiger partial charge in [-0.1, -0.05) is 11.6 Å². The van der Waals surface area contributed by atoms with Crippen LogP contribution in [0.2, 0.25) is 5.02 Å². The molecule has 0 fully saturated rings. The maximum Gasteiger partial charge on any atom is 0.233 e. The zero-order chi connectivity index (χ0) is 13.3. The van der Waals surface area contributed by atoms with Crippen molar-refractivity contribution in [3.63, 3.8) is 0 Å². The van der Waals surface area contributed by atoms with E-state index in [0.29, 0.717) is 11.6 Å². The predicted octanol–water partition coefficient (Wildman–Crippen LogP) is 1.71. The van der Waals surface area contributed by atoms with Gasteiger partial charge in [0, 0.05) is 26.0 Å². The molecule has 0 saturated carbocycles. The Kier molecular flexibility index (Phi) is 3.54. The number of halogens is 1. The van der Waals surface area contributed by atoms with Crippen molar-refractivity contribution in [1.29, 1.82) is 0 Å². The van der Waals surface area contributed by atoms with Crippen LogP contribution in [0.15, 0.2) is 18.2 Å². The van der Waals surface area contributed by atoms with E-state index in [2.05, 4.69) is 10.4 Å². The molecule has 5 nitrogen and oxygen atoms in total. The fourth-order valence-electron chi connectivity index (χ4n) is 1.68. The van der Waals surface area contributed by atoms with Crippen LogP contribution in [0.25, 0.3) is 11.0 Å². The largest absolute Gasteiger partial charge is 0.330 e. The van der Waals surface area contributed by atoms with Crippen molar-refractivity contribution in [2.24, 2.45) is 7.05 Å². The Balaban J connectivity index is 2.24. The molecule has 2 aromatic rings. The smallest absolute Gasteiger partial charge is 0.233 e. The minimum absolute atomic E-state index is 0.0446. The fourth-order valence-corrected chi connectivity index (χ4v) is 1.85. The fraction of sp³-hybridized carbons (Fsp3) is 0.333. The van der Waals surface area contributed by atoms with Gasteiger partial charge in [-0.2, -0.15) is 0 Å². The number of nitrogens with zero attached hydrogens (tertiary/aromatic N) is 3. The molecular weight excluding hydrogens is 252 g/mol. The van der Waals surface area contributed by atoms with Crippen molar-refractivity contribution in [2.45, 2.75) is 13.5 Å². The molecule has 0 saturated heterocycles. The summed E-state index contributed by atoms with van der Waals surface area (Å²) in [7, 11) is 3.62. The number of amides is 1. The number of nitrogens with one attached hydrogen (secondary N) is 1. The number of rotatable bonds is 3. The number of fused-ring (bicyclic) bond motifs is 1. The molecule has 0 radical (unpaired) electrons. The minimum atomic E-state index is -0.0446. The van der Waals surface area contributed by atoms with Crippen LogP contribution in [0.3, 0.4) is 0 Å². The molecule has 1 amide bonds. The first-order valence-corrected chi connectivity index (χ1v) is 5.95. The Morgan fingerprint density at radius 1 is 1.56 bits per heavy atom. The molecule has 0 unspecified atom stereocenters. The average molecular weight is 267 g/mol. The molecule has 2 rings (SSSR count). The molecule has 0 bridgehead atoms. The Hall–Kier alpha value is -1.59. The third-order valence-electron chi connectivity index (χ3n) is 2.88. The second-order valence-corrected chi connectivity index (χ2v) is 4.57. The van der Waals surface area contributed by atoms with E-state index in [0.717, 1.165) is 16.9 Å². The number of hydrogen-bond donors (Lipinski definition) is 1. The number of hydrogen-bond acceptors (Lipinski definition) is 3. The zero-order valence-corrected chi connectivity index (χ0v) is 11.3. The molecular formula is C12H15ClN4O. The van der Waals surface area contributed by atoms with E-state index in [9.17, 15) is 4.79 Å². The highest BCUT2D eigenvalue weighted by Gasteiger charge is 2.09. The second kappa shape index (κ2) is 4.96. The number of carbonyl (C=O) groups is 1. The van der Waals surface area contributed by atoms with Crippen molar-refractivity contribution in [2.75, 3.05) is 7.05 Å². The van der Waals surface area contributed by atoms with E-state index in [1.807, 2.05) is 29.8 Å². The van der Waals surface area contributed by atoms with Crippen molar-refractivity contribution < 1.29 is 4.79 Å². The molecule has 96 valence electrons. The van der Waals surface area contributed by atoms with Crippen molar-refractivity contribution in [3.05, 3.63) is 29.0 Å². The lowest BCUT2D eigenvalue weighted by molar-refractivity contribution is -0.130. The summed E-state index contributed by atoms with van der Waals surface area (Å²) >= 11 is 5.93. The quantitative estimate of drug-likeness (QED) is 0.861. The first-order valence-electron chi connectivity index (χ1n) is 5.57. The van der Waals surface area contributed by atoms with Gasteiger partial charge in [-0.15, -0.1) is 0 Å². The van der Waals surface area contributed by atoms with Crippen molar-refractivity contribution in [3.8, 4) is 0 Å². The number of aryl methyl sites for hydroxylation is 1. The summed E-state index contributed by atoms with van der Waals surface area (Å²) in [5, 5.41) is 2.10. The lowest BCUT2D eigenvalue weighted by Gasteiger charge is -2.15. The van der Waals surface area contributed by atoms with E-state index < -0.39 is 0 Å². The van der Waals surface area contributed by atoms with Crippen LogP contribution in [0.4, 0.5) is 0 Å². The van der Waals surface area contributed by atoms with Gasteiger partial charge in [-0.05, 0) is 18.2 Å². The predicted molar refractivity (Wildman–Crippen MR) is 71.0 cm³/mol. The summed E-state index contributed by atoms with van der Waals surface area (Å²) in [6.45, 7) is 1.99. The molecule has 0 aliphatic heterocycles. The number of imidazole rings is 1. The first-order chi connectivity index (χ1) is 8.49. The monoisotopic (exact) mass is 266 g/mol. The summed E-state index contributed by atoms with van der Waals surface area (Å²) in [6.07, 6.45) is 0. The second-order valence-electron chi connectivity index (χ2n) is 4.13. The van der Waals surface area contributed by atoms with Gasteiger partial charge in [-0.25, -0.2) is 10.4 Å². The third-order valence-corrected chi connectivity index (χ3v) is 3.12. The summed E-state index contributed by atoms with van der Waals surface area (Å²) < 4.78 is 1.98. The topological polar surface area (TPSA) is 50.2 Å². The Labute approximate surface area is 110 Å². The van der Waals surface area contributed by atoms with Gasteiger partial charge in [0.25, 0.3) is 0 Å². The highest BCUT2D eigenvalue weighted by molar-refractivity contribution is 6.31. The normalized spacial score (nSPS) is 10.9. The summed E-state index contributed by atoms with van der Waals surface area (Å²) in [6, 6.07) is 5.60. The van der Waals surface area contributed by atoms with Gasteiger partial charge in [0.2, 0.25) is 5.91 Å². The Morgan fingerprint density at radius 2 is 2.28 bits per heavy atom. The highest BCUT2D eigenvalue weighted by Crippen LogP contribution is 2.19. The molecule has 18 heavy (non-hydrogen) atoms. The number of hydrazine groups is 1. The van der Waals surface area contributed by atoms with Crippen LogP contribution >= 0.6 is 11.6 Å². The maximum absolute atomic E-state index is 11.1. The molecule has 0 aliphatic rings. The molecule has 1 N–H and O–H groups in total. The SMILES string of the molecule is CC(=O)N(C)NCc1nc2cc(Cl)ccc2n1C. The van der Waals surface area contributed by atoms with Crippen LogP contribution < -0.4 is 5.43 Å². The molecule has 1 heterocycles. The Bertz CT molecular complexity index is 593. The first kappa shape index (κ1) is 12.9. The molecule has 1 aromatic carbocycles. The van der Waals surface area contributed by atoms with E-state index in [-0.39, 0.29) is 5.91 Å². The molecule has 0 spiro atoms. The van der Waals surface area contributed by atoms with Crippen molar-refractivity contribution >= 4 is 28.5 Å². The number of carbonyl (C=O) groups excluding carboxylic acids is 1. The molecule has 6 heteroatoms. The van der Waals surface area contributed by atoms with E-state index in [1.54, 1.807) is 7.05 Å². The van der Waals surface area contributed by atoms with Gasteiger partial charge >= 0.3 is 0 Å². The van der Waals surface area contributed by atoms with Gasteiger partial charge in [0.1, 0.15) is 5.82 Å². The van der Waals surface area contributed by atoms with Gasteiger partial charge in [0.05, 0.1) is 17.6 Å². The average Bonchev–Trinajstić information content (AvgIpc) is 2.62. The maximum atomic E-state index is 11.1. The van der Waals surface area contributed by atoms with Crippen LogP contribution in [-0.2, 0) is 18.4 Å². The molecule has 0 atom stereocenters. The van der Waals surface area contributed by atoms with Gasteiger partial charge in [0.15, 0.2) is 0 Å². The molecule has 1 aromatic heterocycles. The van der Waals surface area contributed by atoms with Gasteiger partial charge in [-0.3, -0.25) is 9.80 Å². The summed E-state index contributed by atoms with van der Waals surface area (Å²) in [5.74, 6) is 0.803. The standard InChI is InChI=1S/C12H15ClN4O/c1-8(18)17(3)14-7-12-15-10-6-9(13)4-5-11(10)16(12)2/h4-6,14H,7H2,1-3H3. The van der Waals surface area contributed by atoms with E-state index >= 15 is 0 Å². The number of benzene rings is 1.